The van der Waals surface area contributed by atoms with Gasteiger partial charge in [0.1, 0.15) is 12.2 Å². The molecule has 158 valence electrons. The smallest absolute Gasteiger partial charge is 0.213 e. The number of rotatable bonds is 7. The minimum Gasteiger partial charge on any atom is -0.474 e. The van der Waals surface area contributed by atoms with Crippen LogP contribution >= 0.6 is 11.3 Å². The van der Waals surface area contributed by atoms with Gasteiger partial charge in [0.05, 0.1) is 0 Å². The molecule has 1 unspecified atom stereocenters. The van der Waals surface area contributed by atoms with Crippen molar-refractivity contribution in [3.63, 3.8) is 0 Å². The van der Waals surface area contributed by atoms with Gasteiger partial charge in [-0.25, -0.2) is 4.98 Å². The Bertz CT molecular complexity index is 947. The van der Waals surface area contributed by atoms with Crippen molar-refractivity contribution in [3.8, 4) is 5.88 Å². The summed E-state index contributed by atoms with van der Waals surface area (Å²) in [4.78, 5) is 9.60. The second-order valence-corrected chi connectivity index (χ2v) is 8.65. The Morgan fingerprint density at radius 2 is 2.07 bits per heavy atom. The Hall–Kier alpha value is -2.64. The number of nitrogens with one attached hydrogen (secondary N) is 2. The molecular weight excluding hydrogens is 396 g/mol. The van der Waals surface area contributed by atoms with Crippen LogP contribution in [0.5, 0.6) is 5.88 Å². The van der Waals surface area contributed by atoms with E-state index in [1.54, 1.807) is 18.4 Å². The summed E-state index contributed by atoms with van der Waals surface area (Å²) < 4.78 is 7.09. The molecule has 0 bridgehead atoms. The number of ether oxygens (including phenoxy) is 1. The van der Waals surface area contributed by atoms with Crippen LogP contribution in [0.3, 0.4) is 0 Å². The predicted octanol–water partition coefficient (Wildman–Crippen LogP) is 4.02. The van der Waals surface area contributed by atoms with Gasteiger partial charge in [-0.05, 0) is 48.8 Å². The molecule has 0 saturated heterocycles. The fraction of sp³-hybridized carbons (Fsp3) is 0.391. The molecule has 1 aliphatic carbocycles. The Kier molecular flexibility index (Phi) is 6.81. The zero-order valence-electron chi connectivity index (χ0n) is 17.2. The summed E-state index contributed by atoms with van der Waals surface area (Å²) in [5.41, 5.74) is 1.04. The van der Waals surface area contributed by atoms with Crippen molar-refractivity contribution in [2.45, 2.75) is 44.4 Å². The number of nitrogens with zero attached hydrogens (tertiary/aromatic N) is 2. The molecule has 0 radical (unpaired) electrons. The molecule has 4 rings (SSSR count). The summed E-state index contributed by atoms with van der Waals surface area (Å²) in [6.45, 7) is 0.980. The number of aliphatic hydroxyl groups excluding tert-OH is 1. The average Bonchev–Trinajstić information content (AvgIpc) is 3.44. The molecule has 0 aliphatic heterocycles. The number of aliphatic hydroxyl groups is 1. The lowest BCUT2D eigenvalue weighted by Crippen LogP contribution is -2.38. The summed E-state index contributed by atoms with van der Waals surface area (Å²) in [5.74, 6) is 1.33. The zero-order valence-corrected chi connectivity index (χ0v) is 18.0. The molecule has 1 aromatic carbocycles. The third kappa shape index (κ3) is 5.29. The van der Waals surface area contributed by atoms with Gasteiger partial charge in [-0.1, -0.05) is 24.3 Å². The predicted molar refractivity (Wildman–Crippen MR) is 122 cm³/mol. The summed E-state index contributed by atoms with van der Waals surface area (Å²) >= 11 is 1.62. The Morgan fingerprint density at radius 1 is 1.23 bits per heavy atom. The largest absolute Gasteiger partial charge is 0.474 e. The van der Waals surface area contributed by atoms with Crippen LogP contribution in [0, 0.1) is 0 Å². The van der Waals surface area contributed by atoms with E-state index < -0.39 is 6.10 Å². The van der Waals surface area contributed by atoms with E-state index in [9.17, 15) is 5.11 Å². The molecule has 2 heterocycles. The topological polar surface area (TPSA) is 78.8 Å². The van der Waals surface area contributed by atoms with Gasteiger partial charge in [-0.2, -0.15) is 0 Å². The van der Waals surface area contributed by atoms with E-state index in [-0.39, 0.29) is 0 Å². The van der Waals surface area contributed by atoms with Crippen LogP contribution < -0.4 is 15.4 Å². The van der Waals surface area contributed by atoms with E-state index in [1.807, 2.05) is 36.5 Å². The molecule has 1 atom stereocenters. The molecule has 1 fully saturated rings. The van der Waals surface area contributed by atoms with E-state index in [0.717, 1.165) is 28.7 Å². The standard InChI is InChI=1S/C23H28N4O2S/c1-24-23(27-15-19(28)21-12-17-6-2-5-9-20(17)30-21)26-14-16-10-11-22(25-13-16)29-18-7-3-4-8-18/h2,5-6,9-13,18-19,28H,3-4,7-8,14-15H2,1H3,(H2,24,26,27). The lowest BCUT2D eigenvalue weighted by Gasteiger charge is -2.15. The Morgan fingerprint density at radius 3 is 2.80 bits per heavy atom. The second kappa shape index (κ2) is 9.91. The van der Waals surface area contributed by atoms with E-state index >= 15 is 0 Å². The van der Waals surface area contributed by atoms with Crippen molar-refractivity contribution in [2.75, 3.05) is 13.6 Å². The van der Waals surface area contributed by atoms with Gasteiger partial charge in [0, 0.05) is 42.0 Å². The number of guanidine groups is 1. The van der Waals surface area contributed by atoms with Gasteiger partial charge < -0.3 is 20.5 Å². The second-order valence-electron chi connectivity index (χ2n) is 7.54. The van der Waals surface area contributed by atoms with E-state index in [2.05, 4.69) is 32.7 Å². The van der Waals surface area contributed by atoms with Crippen LogP contribution in [-0.2, 0) is 6.54 Å². The molecule has 1 saturated carbocycles. The minimum atomic E-state index is -0.588. The number of aromatic nitrogens is 1. The van der Waals surface area contributed by atoms with Crippen LogP contribution in [-0.4, -0.2) is 35.7 Å². The first-order chi connectivity index (χ1) is 14.7. The first kappa shape index (κ1) is 20.6. The number of aliphatic imine (C=N–C) groups is 1. The normalized spacial score (nSPS) is 16.0. The van der Waals surface area contributed by atoms with Crippen LogP contribution in [0.4, 0.5) is 0 Å². The van der Waals surface area contributed by atoms with Gasteiger partial charge in [-0.3, -0.25) is 4.99 Å². The Labute approximate surface area is 181 Å². The van der Waals surface area contributed by atoms with Gasteiger partial charge >= 0.3 is 0 Å². The summed E-state index contributed by atoms with van der Waals surface area (Å²) in [6.07, 6.45) is 6.30. The summed E-state index contributed by atoms with van der Waals surface area (Å²) in [6, 6.07) is 14.2. The molecule has 2 aromatic heterocycles. The number of hydrogen-bond acceptors (Lipinski definition) is 5. The molecule has 1 aliphatic rings. The first-order valence-corrected chi connectivity index (χ1v) is 11.3. The van der Waals surface area contributed by atoms with Gasteiger partial charge in [0.2, 0.25) is 5.88 Å². The number of pyridine rings is 1. The average molecular weight is 425 g/mol. The fourth-order valence-corrected chi connectivity index (χ4v) is 4.68. The highest BCUT2D eigenvalue weighted by molar-refractivity contribution is 7.19. The van der Waals surface area contributed by atoms with E-state index in [1.165, 1.54) is 17.5 Å². The monoisotopic (exact) mass is 424 g/mol. The van der Waals surface area contributed by atoms with Crippen molar-refractivity contribution >= 4 is 27.4 Å². The van der Waals surface area contributed by atoms with Crippen LogP contribution in [0.15, 0.2) is 53.7 Å². The summed E-state index contributed by atoms with van der Waals surface area (Å²) in [7, 11) is 1.72. The van der Waals surface area contributed by atoms with E-state index in [0.29, 0.717) is 31.0 Å². The molecular formula is C23H28N4O2S. The minimum absolute atomic E-state index is 0.317. The lowest BCUT2D eigenvalue weighted by atomic mass is 10.2. The number of fused-ring (bicyclic) bond motifs is 1. The van der Waals surface area contributed by atoms with Crippen LogP contribution in [0.1, 0.15) is 42.2 Å². The number of hydrogen-bond donors (Lipinski definition) is 3. The highest BCUT2D eigenvalue weighted by Crippen LogP contribution is 2.29. The highest BCUT2D eigenvalue weighted by atomic mass is 32.1. The molecule has 3 N–H and O–H groups in total. The van der Waals surface area contributed by atoms with Crippen molar-refractivity contribution in [3.05, 3.63) is 59.1 Å². The third-order valence-corrected chi connectivity index (χ3v) is 6.52. The molecule has 7 heteroatoms. The third-order valence-electron chi connectivity index (χ3n) is 5.31. The van der Waals surface area contributed by atoms with Crippen molar-refractivity contribution in [1.29, 1.82) is 0 Å². The highest BCUT2D eigenvalue weighted by Gasteiger charge is 2.17. The van der Waals surface area contributed by atoms with Gasteiger partial charge in [0.25, 0.3) is 0 Å². The fourth-order valence-electron chi connectivity index (χ4n) is 3.63. The molecule has 30 heavy (non-hydrogen) atoms. The number of thiophene rings is 1. The first-order valence-electron chi connectivity index (χ1n) is 10.4. The van der Waals surface area contributed by atoms with E-state index in [4.69, 9.17) is 4.74 Å². The van der Waals surface area contributed by atoms with Crippen molar-refractivity contribution in [2.24, 2.45) is 4.99 Å². The molecule has 3 aromatic rings. The maximum Gasteiger partial charge on any atom is 0.213 e. The van der Waals surface area contributed by atoms with Crippen LogP contribution in [0.2, 0.25) is 0 Å². The Balaban J connectivity index is 1.25. The maximum atomic E-state index is 10.5. The number of benzene rings is 1. The molecule has 0 spiro atoms. The van der Waals surface area contributed by atoms with Gasteiger partial charge in [-0.15, -0.1) is 11.3 Å². The van der Waals surface area contributed by atoms with Gasteiger partial charge in [0.15, 0.2) is 5.96 Å². The SMILES string of the molecule is CN=C(NCc1ccc(OC2CCCC2)nc1)NCC(O)c1cc2ccccc2s1. The molecule has 6 nitrogen and oxygen atoms in total. The maximum absolute atomic E-state index is 10.5. The molecule has 0 amide bonds. The van der Waals surface area contributed by atoms with Crippen LogP contribution in [0.25, 0.3) is 10.1 Å². The van der Waals surface area contributed by atoms with Crippen molar-refractivity contribution in [1.82, 2.24) is 15.6 Å². The lowest BCUT2D eigenvalue weighted by molar-refractivity contribution is 0.184. The summed E-state index contributed by atoms with van der Waals surface area (Å²) in [5, 5.41) is 18.2. The quantitative estimate of drug-likeness (QED) is 0.394. The zero-order chi connectivity index (χ0) is 20.8. The van der Waals surface area contributed by atoms with Crippen molar-refractivity contribution < 1.29 is 9.84 Å².